The molecule has 160 valence electrons. The van der Waals surface area contributed by atoms with E-state index in [9.17, 15) is 18.5 Å². The molecule has 1 N–H and O–H groups in total. The van der Waals surface area contributed by atoms with Crippen molar-refractivity contribution in [1.82, 2.24) is 4.72 Å². The van der Waals surface area contributed by atoms with Crippen molar-refractivity contribution in [3.8, 4) is 0 Å². The van der Waals surface area contributed by atoms with Crippen LogP contribution >= 0.6 is 23.2 Å². The Bertz CT molecular complexity index is 1430. The molecule has 0 radical (unpaired) electrons. The summed E-state index contributed by atoms with van der Waals surface area (Å²) in [4.78, 5) is 10.5. The number of rotatable bonds is 6. The Morgan fingerprint density at radius 1 is 1.03 bits per heavy atom. The van der Waals surface area contributed by atoms with E-state index < -0.39 is 21.0 Å². The second kappa shape index (κ2) is 8.12. The van der Waals surface area contributed by atoms with Gasteiger partial charge in [0.05, 0.1) is 15.9 Å². The molecule has 1 heterocycles. The minimum absolute atomic E-state index is 0.0395. The van der Waals surface area contributed by atoms with Crippen molar-refractivity contribution >= 4 is 60.9 Å². The van der Waals surface area contributed by atoms with Gasteiger partial charge < -0.3 is 4.42 Å². The zero-order chi connectivity index (χ0) is 22.3. The Kier molecular flexibility index (Phi) is 5.65. The standard InChI is InChI=1S/C21H16Cl2N2O5S/c1-2-19(17-9-12(22)3-7-18(17)23)24-31(28,29)14-5-8-20-16(11-14)15-6-4-13(25(26)27)10-21(15)30-20/h3-11,19,24H,2H2,1H3/t19-/m1/s1. The van der Waals surface area contributed by atoms with Gasteiger partial charge in [-0.3, -0.25) is 10.1 Å². The minimum Gasteiger partial charge on any atom is -0.456 e. The molecule has 0 aliphatic carbocycles. The highest BCUT2D eigenvalue weighted by molar-refractivity contribution is 7.89. The second-order valence-corrected chi connectivity index (χ2v) is 9.50. The maximum atomic E-state index is 13.1. The zero-order valence-electron chi connectivity index (χ0n) is 16.1. The van der Waals surface area contributed by atoms with Crippen molar-refractivity contribution in [2.45, 2.75) is 24.3 Å². The van der Waals surface area contributed by atoms with Gasteiger partial charge in [0.1, 0.15) is 11.2 Å². The van der Waals surface area contributed by atoms with Gasteiger partial charge in [0.15, 0.2) is 0 Å². The average molecular weight is 479 g/mol. The van der Waals surface area contributed by atoms with Gasteiger partial charge in [-0.1, -0.05) is 30.1 Å². The van der Waals surface area contributed by atoms with E-state index >= 15 is 0 Å². The van der Waals surface area contributed by atoms with Crippen LogP contribution in [0.25, 0.3) is 21.9 Å². The molecule has 10 heteroatoms. The SMILES string of the molecule is CC[C@@H](NS(=O)(=O)c1ccc2oc3cc([N+](=O)[O-])ccc3c2c1)c1cc(Cl)ccc1Cl. The zero-order valence-corrected chi connectivity index (χ0v) is 18.5. The Morgan fingerprint density at radius 3 is 2.52 bits per heavy atom. The summed E-state index contributed by atoms with van der Waals surface area (Å²) in [6.45, 7) is 1.84. The topological polar surface area (TPSA) is 102 Å². The number of hydrogen-bond donors (Lipinski definition) is 1. The van der Waals surface area contributed by atoms with Crippen LogP contribution in [0.5, 0.6) is 0 Å². The largest absolute Gasteiger partial charge is 0.456 e. The molecule has 7 nitrogen and oxygen atoms in total. The number of fused-ring (bicyclic) bond motifs is 3. The normalized spacial score (nSPS) is 13.0. The highest BCUT2D eigenvalue weighted by atomic mass is 35.5. The molecule has 0 saturated carbocycles. The van der Waals surface area contributed by atoms with Crippen LogP contribution in [-0.4, -0.2) is 13.3 Å². The van der Waals surface area contributed by atoms with Crippen LogP contribution in [0, 0.1) is 10.1 Å². The summed E-state index contributed by atoms with van der Waals surface area (Å²) in [6.07, 6.45) is 0.458. The first-order valence-electron chi connectivity index (χ1n) is 9.27. The summed E-state index contributed by atoms with van der Waals surface area (Å²) in [7, 11) is -3.91. The van der Waals surface area contributed by atoms with Crippen LogP contribution in [0.2, 0.25) is 10.0 Å². The van der Waals surface area contributed by atoms with Crippen LogP contribution < -0.4 is 4.72 Å². The molecule has 31 heavy (non-hydrogen) atoms. The number of nitrogens with zero attached hydrogens (tertiary/aromatic N) is 1. The lowest BCUT2D eigenvalue weighted by molar-refractivity contribution is -0.384. The van der Waals surface area contributed by atoms with Crippen molar-refractivity contribution in [3.05, 3.63) is 80.3 Å². The first kappa shape index (κ1) is 21.6. The molecule has 1 atom stereocenters. The fraction of sp³-hybridized carbons (Fsp3) is 0.143. The van der Waals surface area contributed by atoms with Gasteiger partial charge in [0.25, 0.3) is 5.69 Å². The predicted molar refractivity (Wildman–Crippen MR) is 120 cm³/mol. The summed E-state index contributed by atoms with van der Waals surface area (Å²) in [5.41, 5.74) is 1.22. The summed E-state index contributed by atoms with van der Waals surface area (Å²) in [5, 5.41) is 13.0. The summed E-state index contributed by atoms with van der Waals surface area (Å²) in [5.74, 6) is 0. The van der Waals surface area contributed by atoms with Crippen LogP contribution in [-0.2, 0) is 10.0 Å². The average Bonchev–Trinajstić information content (AvgIpc) is 3.11. The van der Waals surface area contributed by atoms with E-state index in [-0.39, 0.29) is 10.6 Å². The van der Waals surface area contributed by atoms with E-state index in [0.29, 0.717) is 44.0 Å². The third kappa shape index (κ3) is 4.12. The molecule has 0 fully saturated rings. The van der Waals surface area contributed by atoms with E-state index in [1.807, 2.05) is 6.92 Å². The maximum absolute atomic E-state index is 13.1. The molecule has 3 aromatic carbocycles. The van der Waals surface area contributed by atoms with Crippen molar-refractivity contribution in [1.29, 1.82) is 0 Å². The number of halogens is 2. The van der Waals surface area contributed by atoms with Crippen molar-refractivity contribution in [3.63, 3.8) is 0 Å². The first-order valence-corrected chi connectivity index (χ1v) is 11.5. The molecule has 4 rings (SSSR count). The van der Waals surface area contributed by atoms with Gasteiger partial charge in [-0.25, -0.2) is 13.1 Å². The van der Waals surface area contributed by atoms with Gasteiger partial charge in [0, 0.05) is 32.9 Å². The van der Waals surface area contributed by atoms with E-state index in [2.05, 4.69) is 4.72 Å². The monoisotopic (exact) mass is 478 g/mol. The first-order chi connectivity index (χ1) is 14.7. The minimum atomic E-state index is -3.91. The second-order valence-electron chi connectivity index (χ2n) is 6.95. The summed E-state index contributed by atoms with van der Waals surface area (Å²) < 4.78 is 34.6. The van der Waals surface area contributed by atoms with E-state index in [4.69, 9.17) is 27.6 Å². The molecule has 0 saturated heterocycles. The highest BCUT2D eigenvalue weighted by Crippen LogP contribution is 2.34. The van der Waals surface area contributed by atoms with Gasteiger partial charge in [0.2, 0.25) is 10.0 Å². The van der Waals surface area contributed by atoms with Gasteiger partial charge >= 0.3 is 0 Å². The van der Waals surface area contributed by atoms with Crippen molar-refractivity contribution in [2.75, 3.05) is 0 Å². The quantitative estimate of drug-likeness (QED) is 0.261. The molecule has 0 aliphatic rings. The number of non-ortho nitro benzene ring substituents is 1. The Balaban J connectivity index is 1.74. The smallest absolute Gasteiger partial charge is 0.273 e. The van der Waals surface area contributed by atoms with Crippen molar-refractivity contribution < 1.29 is 17.8 Å². The van der Waals surface area contributed by atoms with Crippen LogP contribution in [0.15, 0.2) is 63.9 Å². The Morgan fingerprint density at radius 2 is 1.81 bits per heavy atom. The number of hydrogen-bond acceptors (Lipinski definition) is 5. The van der Waals surface area contributed by atoms with Gasteiger partial charge in [-0.2, -0.15) is 0 Å². The van der Waals surface area contributed by atoms with Crippen LogP contribution in [0.1, 0.15) is 24.9 Å². The van der Waals surface area contributed by atoms with E-state index in [1.54, 1.807) is 24.3 Å². The molecule has 0 amide bonds. The predicted octanol–water partition coefficient (Wildman–Crippen LogP) is 6.23. The molecular formula is C21H16Cl2N2O5S. The lowest BCUT2D eigenvalue weighted by atomic mass is 10.1. The fourth-order valence-corrected chi connectivity index (χ4v) is 5.18. The molecule has 0 bridgehead atoms. The summed E-state index contributed by atoms with van der Waals surface area (Å²) >= 11 is 12.3. The molecule has 0 spiro atoms. The highest BCUT2D eigenvalue weighted by Gasteiger charge is 2.23. The van der Waals surface area contributed by atoms with Gasteiger partial charge in [-0.05, 0) is 54.4 Å². The maximum Gasteiger partial charge on any atom is 0.273 e. The molecule has 0 unspecified atom stereocenters. The third-order valence-corrected chi connectivity index (χ3v) is 7.04. The van der Waals surface area contributed by atoms with E-state index in [0.717, 1.165) is 0 Å². The molecule has 0 aliphatic heterocycles. The lowest BCUT2D eigenvalue weighted by Gasteiger charge is -2.19. The molecule has 1 aromatic heterocycles. The Labute approximate surface area is 187 Å². The fourth-order valence-electron chi connectivity index (χ4n) is 3.43. The number of nitro groups is 1. The van der Waals surface area contributed by atoms with Crippen LogP contribution in [0.4, 0.5) is 5.69 Å². The lowest BCUT2D eigenvalue weighted by Crippen LogP contribution is -2.28. The van der Waals surface area contributed by atoms with Gasteiger partial charge in [-0.15, -0.1) is 0 Å². The number of nitro benzene ring substituents is 1. The van der Waals surface area contributed by atoms with Crippen LogP contribution in [0.3, 0.4) is 0 Å². The number of sulfonamides is 1. The van der Waals surface area contributed by atoms with E-state index in [1.165, 1.54) is 30.3 Å². The summed E-state index contributed by atoms with van der Waals surface area (Å²) in [6, 6.07) is 13.0. The third-order valence-electron chi connectivity index (χ3n) is 4.99. The molecule has 4 aromatic rings. The number of nitrogens with one attached hydrogen (secondary N) is 1. The number of benzene rings is 3. The van der Waals surface area contributed by atoms with Crippen molar-refractivity contribution in [2.24, 2.45) is 0 Å². The molecular weight excluding hydrogens is 463 g/mol. The number of furan rings is 1. The Hall–Kier alpha value is -2.65.